The summed E-state index contributed by atoms with van der Waals surface area (Å²) in [6.45, 7) is 7.13. The minimum Gasteiger partial charge on any atom is -0.412 e. The molecule has 1 aliphatic carbocycles. The molecule has 0 spiro atoms. The molecule has 0 bridgehead atoms. The van der Waals surface area contributed by atoms with Crippen LogP contribution in [0.25, 0.3) is 0 Å². The van der Waals surface area contributed by atoms with E-state index in [9.17, 15) is 0 Å². The molecule has 4 N–H and O–H groups in total. The fourth-order valence-corrected chi connectivity index (χ4v) is 2.94. The molecule has 0 amide bonds. The minimum atomic E-state index is 0. The van der Waals surface area contributed by atoms with E-state index in [1.807, 2.05) is 0 Å². The van der Waals surface area contributed by atoms with Crippen LogP contribution < -0.4 is 0 Å². The lowest BCUT2D eigenvalue weighted by Gasteiger charge is -2.31. The zero-order chi connectivity index (χ0) is 12.0. The Balaban J connectivity index is 0. The van der Waals surface area contributed by atoms with Gasteiger partial charge in [-0.05, 0) is 42.9 Å². The smallest absolute Gasteiger partial charge is 0.0112 e. The molecule has 2 unspecified atom stereocenters. The molecule has 2 atom stereocenters. The van der Waals surface area contributed by atoms with Gasteiger partial charge in [-0.3, -0.25) is 0 Å². The molecule has 0 aromatic carbocycles. The number of terminal acetylenes is 1. The number of rotatable bonds is 5. The van der Waals surface area contributed by atoms with Gasteiger partial charge < -0.3 is 11.0 Å². The summed E-state index contributed by atoms with van der Waals surface area (Å²) in [4.78, 5) is 0. The summed E-state index contributed by atoms with van der Waals surface area (Å²) in [5, 5.41) is 0. The van der Waals surface area contributed by atoms with E-state index in [0.717, 1.165) is 30.1 Å². The second kappa shape index (κ2) is 10.4. The molecule has 1 rings (SSSR count). The topological polar surface area (TPSA) is 63.0 Å². The van der Waals surface area contributed by atoms with Crippen LogP contribution in [0.3, 0.4) is 0 Å². The molecular weight excluding hydrogens is 224 g/mol. The zero-order valence-electron chi connectivity index (χ0n) is 12.3. The van der Waals surface area contributed by atoms with E-state index in [2.05, 4.69) is 26.7 Å². The van der Waals surface area contributed by atoms with Crippen LogP contribution in [-0.4, -0.2) is 11.0 Å². The van der Waals surface area contributed by atoms with E-state index in [0.29, 0.717) is 0 Å². The Hall–Kier alpha value is -0.520. The first-order valence-corrected chi connectivity index (χ1v) is 7.07. The molecule has 0 aromatic rings. The lowest BCUT2D eigenvalue weighted by atomic mass is 9.75. The molecule has 1 saturated carbocycles. The van der Waals surface area contributed by atoms with Crippen molar-refractivity contribution in [1.82, 2.24) is 0 Å². The Labute approximate surface area is 113 Å². The maximum Gasteiger partial charge on any atom is 0.0112 e. The second-order valence-corrected chi connectivity index (χ2v) is 6.09. The van der Waals surface area contributed by atoms with E-state index in [1.54, 1.807) is 0 Å². The van der Waals surface area contributed by atoms with Gasteiger partial charge in [0.25, 0.3) is 0 Å². The quantitative estimate of drug-likeness (QED) is 0.678. The maximum absolute atomic E-state index is 5.34. The summed E-state index contributed by atoms with van der Waals surface area (Å²) >= 11 is 0. The molecule has 2 heteroatoms. The molecule has 0 radical (unpaired) electrons. The summed E-state index contributed by atoms with van der Waals surface area (Å²) in [6, 6.07) is 0. The van der Waals surface area contributed by atoms with E-state index < -0.39 is 0 Å². The number of hydrogen-bond acceptors (Lipinski definition) is 0. The summed E-state index contributed by atoms with van der Waals surface area (Å²) < 4.78 is 0. The lowest BCUT2D eigenvalue weighted by molar-refractivity contribution is 0.208. The van der Waals surface area contributed by atoms with Crippen LogP contribution in [0.4, 0.5) is 0 Å². The third-order valence-electron chi connectivity index (χ3n) is 4.45. The van der Waals surface area contributed by atoms with Crippen LogP contribution >= 0.6 is 0 Å². The van der Waals surface area contributed by atoms with Gasteiger partial charge in [0, 0.05) is 6.42 Å². The number of hydrogen-bond donors (Lipinski definition) is 0. The third-order valence-corrected chi connectivity index (χ3v) is 4.45. The Morgan fingerprint density at radius 3 is 2.11 bits per heavy atom. The van der Waals surface area contributed by atoms with E-state index in [-0.39, 0.29) is 11.0 Å². The van der Waals surface area contributed by atoms with Crippen molar-refractivity contribution >= 4 is 0 Å². The Kier molecular flexibility index (Phi) is 11.5. The molecule has 1 fully saturated rings. The third kappa shape index (κ3) is 7.03. The summed E-state index contributed by atoms with van der Waals surface area (Å²) in [5.41, 5.74) is 0. The van der Waals surface area contributed by atoms with Gasteiger partial charge in [0.15, 0.2) is 0 Å². The van der Waals surface area contributed by atoms with Gasteiger partial charge in [-0.1, -0.05) is 40.0 Å². The average Bonchev–Trinajstić information content (AvgIpc) is 2.27. The fourth-order valence-electron chi connectivity index (χ4n) is 2.94. The van der Waals surface area contributed by atoms with Crippen LogP contribution in [0.1, 0.15) is 65.7 Å². The fraction of sp³-hybridized carbons (Fsp3) is 0.875. The van der Waals surface area contributed by atoms with Crippen molar-refractivity contribution in [3.63, 3.8) is 0 Å². The molecule has 0 heterocycles. The average molecular weight is 256 g/mol. The molecule has 0 aromatic heterocycles. The van der Waals surface area contributed by atoms with Gasteiger partial charge in [0.05, 0.1) is 0 Å². The van der Waals surface area contributed by atoms with Crippen molar-refractivity contribution in [3.8, 4) is 12.3 Å². The van der Waals surface area contributed by atoms with Crippen molar-refractivity contribution in [2.75, 3.05) is 0 Å². The van der Waals surface area contributed by atoms with Crippen molar-refractivity contribution in [1.29, 1.82) is 0 Å². The molecular formula is C16H32O2. The Morgan fingerprint density at radius 2 is 1.61 bits per heavy atom. The minimum absolute atomic E-state index is 0. The summed E-state index contributed by atoms with van der Waals surface area (Å²) in [5.74, 6) is 6.37. The van der Waals surface area contributed by atoms with E-state index in [4.69, 9.17) is 6.42 Å². The highest BCUT2D eigenvalue weighted by Crippen LogP contribution is 2.35. The molecule has 108 valence electrons. The van der Waals surface area contributed by atoms with Crippen molar-refractivity contribution in [2.45, 2.75) is 65.7 Å². The molecule has 1 aliphatic rings. The van der Waals surface area contributed by atoms with Crippen LogP contribution in [0.5, 0.6) is 0 Å². The summed E-state index contributed by atoms with van der Waals surface area (Å²) in [7, 11) is 0. The van der Waals surface area contributed by atoms with Gasteiger partial charge in [-0.2, -0.15) is 0 Å². The first-order valence-electron chi connectivity index (χ1n) is 7.07. The van der Waals surface area contributed by atoms with Gasteiger partial charge >= 0.3 is 0 Å². The zero-order valence-corrected chi connectivity index (χ0v) is 12.3. The summed E-state index contributed by atoms with van der Waals surface area (Å²) in [6.07, 6.45) is 14.8. The first kappa shape index (κ1) is 19.8. The van der Waals surface area contributed by atoms with Crippen LogP contribution in [0, 0.1) is 36.0 Å². The highest BCUT2D eigenvalue weighted by molar-refractivity contribution is 4.85. The molecule has 18 heavy (non-hydrogen) atoms. The van der Waals surface area contributed by atoms with Crippen LogP contribution in [0.2, 0.25) is 0 Å². The predicted octanol–water partition coefficient (Wildman–Crippen LogP) is 3.24. The largest absolute Gasteiger partial charge is 0.412 e. The highest BCUT2D eigenvalue weighted by atomic mass is 16.0. The van der Waals surface area contributed by atoms with Crippen molar-refractivity contribution < 1.29 is 11.0 Å². The highest BCUT2D eigenvalue weighted by Gasteiger charge is 2.23. The predicted molar refractivity (Wildman–Crippen MR) is 79.4 cm³/mol. The van der Waals surface area contributed by atoms with E-state index >= 15 is 0 Å². The van der Waals surface area contributed by atoms with Gasteiger partial charge in [-0.15, -0.1) is 12.3 Å². The van der Waals surface area contributed by atoms with E-state index in [1.165, 1.54) is 38.5 Å². The van der Waals surface area contributed by atoms with Crippen LogP contribution in [-0.2, 0) is 0 Å². The van der Waals surface area contributed by atoms with Crippen LogP contribution in [0.15, 0.2) is 0 Å². The lowest BCUT2D eigenvalue weighted by Crippen LogP contribution is -2.19. The second-order valence-electron chi connectivity index (χ2n) is 6.09. The van der Waals surface area contributed by atoms with Gasteiger partial charge in [-0.25, -0.2) is 0 Å². The molecule has 0 aliphatic heterocycles. The van der Waals surface area contributed by atoms with Crippen molar-refractivity contribution in [2.24, 2.45) is 23.7 Å². The standard InChI is InChI=1S/C16H28.2H2O/c1-5-6-13(2)7-10-15(4)16-11-8-14(3)9-12-16;;/h1,13-16H,6-12H2,2-4H3;2*1H2. The van der Waals surface area contributed by atoms with Gasteiger partial charge in [0.2, 0.25) is 0 Å². The van der Waals surface area contributed by atoms with Crippen molar-refractivity contribution in [3.05, 3.63) is 0 Å². The Bertz CT molecular complexity index is 224. The SMILES string of the molecule is C#CCC(C)CCC(C)C1CCC(C)CC1.O.O. The Morgan fingerprint density at radius 1 is 1.06 bits per heavy atom. The monoisotopic (exact) mass is 256 g/mol. The molecule has 2 nitrogen and oxygen atoms in total. The first-order chi connectivity index (χ1) is 7.63. The van der Waals surface area contributed by atoms with Gasteiger partial charge in [0.1, 0.15) is 0 Å². The molecule has 0 saturated heterocycles. The normalized spacial score (nSPS) is 26.1. The maximum atomic E-state index is 5.34.